The fraction of sp³-hybridized carbons (Fsp3) is 0.0556. The smallest absolute Gasteiger partial charge is 0.209 e. The Balaban J connectivity index is 1.88. The molecule has 8 nitrogen and oxygen atoms in total. The molecular formula is C18H12ClN7O. The molecule has 5 aromatic rings. The average molecular weight is 378 g/mol. The summed E-state index contributed by atoms with van der Waals surface area (Å²) < 4.78 is 1.68. The highest BCUT2D eigenvalue weighted by Crippen LogP contribution is 2.33. The first-order valence-electron chi connectivity index (χ1n) is 8.12. The molecule has 0 saturated carbocycles. The summed E-state index contributed by atoms with van der Waals surface area (Å²) in [6, 6.07) is 6.90. The monoisotopic (exact) mass is 377 g/mol. The van der Waals surface area contributed by atoms with Crippen molar-refractivity contribution < 1.29 is 0 Å². The van der Waals surface area contributed by atoms with Gasteiger partial charge in [0.15, 0.2) is 11.2 Å². The fourth-order valence-electron chi connectivity index (χ4n) is 3.04. The number of fused-ring (bicyclic) bond motifs is 2. The third-order valence-electron chi connectivity index (χ3n) is 4.30. The number of halogens is 1. The van der Waals surface area contributed by atoms with Gasteiger partial charge in [-0.15, -0.1) is 0 Å². The van der Waals surface area contributed by atoms with Crippen molar-refractivity contribution in [3.63, 3.8) is 0 Å². The first-order chi connectivity index (χ1) is 13.1. The number of nitrogens with zero attached hydrogens (tertiary/aromatic N) is 5. The first-order valence-corrected chi connectivity index (χ1v) is 8.50. The Labute approximate surface area is 156 Å². The normalized spacial score (nSPS) is 11.5. The lowest BCUT2D eigenvalue weighted by molar-refractivity contribution is 0.770. The number of pyridine rings is 1. The van der Waals surface area contributed by atoms with Crippen molar-refractivity contribution in [2.24, 2.45) is 7.05 Å². The molecule has 4 heterocycles. The first kappa shape index (κ1) is 15.7. The summed E-state index contributed by atoms with van der Waals surface area (Å²) in [6.45, 7) is 0. The molecule has 0 atom stereocenters. The lowest BCUT2D eigenvalue weighted by atomic mass is 10.1. The number of H-pyrrole nitrogens is 2. The summed E-state index contributed by atoms with van der Waals surface area (Å²) in [7, 11) is 1.83. The number of aryl methyl sites for hydroxylation is 1. The fourth-order valence-corrected chi connectivity index (χ4v) is 3.31. The molecule has 0 spiro atoms. The zero-order valence-corrected chi connectivity index (χ0v) is 14.8. The molecule has 4 aromatic heterocycles. The van der Waals surface area contributed by atoms with E-state index in [0.717, 1.165) is 5.52 Å². The van der Waals surface area contributed by atoms with Crippen LogP contribution in [0.15, 0.2) is 47.8 Å². The molecule has 0 aliphatic heterocycles. The van der Waals surface area contributed by atoms with E-state index in [1.807, 2.05) is 25.4 Å². The van der Waals surface area contributed by atoms with E-state index in [0.29, 0.717) is 38.8 Å². The van der Waals surface area contributed by atoms with E-state index in [1.54, 1.807) is 23.3 Å². The number of hydrogen-bond acceptors (Lipinski definition) is 5. The molecule has 1 aromatic carbocycles. The van der Waals surface area contributed by atoms with Gasteiger partial charge in [-0.1, -0.05) is 11.6 Å². The number of aromatic amines is 2. The molecule has 132 valence electrons. The molecule has 2 N–H and O–H groups in total. The lowest BCUT2D eigenvalue weighted by Crippen LogP contribution is -2.07. The van der Waals surface area contributed by atoms with Crippen molar-refractivity contribution in [1.29, 1.82) is 0 Å². The van der Waals surface area contributed by atoms with Gasteiger partial charge < -0.3 is 9.97 Å². The van der Waals surface area contributed by atoms with Crippen LogP contribution in [0.3, 0.4) is 0 Å². The number of benzene rings is 1. The highest BCUT2D eigenvalue weighted by Gasteiger charge is 2.18. The second-order valence-electron chi connectivity index (χ2n) is 6.09. The second-order valence-corrected chi connectivity index (χ2v) is 6.50. The predicted molar refractivity (Wildman–Crippen MR) is 102 cm³/mol. The van der Waals surface area contributed by atoms with Crippen LogP contribution in [0, 0.1) is 0 Å². The Morgan fingerprint density at radius 2 is 2.00 bits per heavy atom. The maximum absolute atomic E-state index is 12.3. The van der Waals surface area contributed by atoms with Gasteiger partial charge >= 0.3 is 0 Å². The zero-order valence-electron chi connectivity index (χ0n) is 14.1. The molecule has 5 rings (SSSR count). The number of nitrogens with one attached hydrogen (secondary N) is 2. The molecule has 0 amide bonds. The molecule has 0 bridgehead atoms. The Bertz CT molecular complexity index is 1380. The van der Waals surface area contributed by atoms with E-state index in [9.17, 15) is 4.79 Å². The van der Waals surface area contributed by atoms with Gasteiger partial charge in [0, 0.05) is 31.1 Å². The quantitative estimate of drug-likeness (QED) is 0.492. The third-order valence-corrected chi connectivity index (χ3v) is 4.59. The Morgan fingerprint density at radius 3 is 2.81 bits per heavy atom. The van der Waals surface area contributed by atoms with Gasteiger partial charge in [-0.25, -0.2) is 15.0 Å². The van der Waals surface area contributed by atoms with E-state index in [1.165, 1.54) is 6.07 Å². The number of hydrogen-bond donors (Lipinski definition) is 2. The van der Waals surface area contributed by atoms with Crippen LogP contribution < -0.4 is 5.43 Å². The minimum Gasteiger partial charge on any atom is -0.345 e. The minimum atomic E-state index is -0.211. The van der Waals surface area contributed by atoms with Gasteiger partial charge in [0.2, 0.25) is 5.43 Å². The zero-order chi connectivity index (χ0) is 18.5. The summed E-state index contributed by atoms with van der Waals surface area (Å²) in [5.41, 5.74) is 4.31. The summed E-state index contributed by atoms with van der Waals surface area (Å²) in [6.07, 6.45) is 4.95. The van der Waals surface area contributed by atoms with Gasteiger partial charge in [-0.3, -0.25) is 9.48 Å². The van der Waals surface area contributed by atoms with Gasteiger partial charge in [0.1, 0.15) is 11.4 Å². The molecule has 9 heteroatoms. The van der Waals surface area contributed by atoms with E-state index < -0.39 is 0 Å². The van der Waals surface area contributed by atoms with Crippen LogP contribution in [0.2, 0.25) is 5.02 Å². The van der Waals surface area contributed by atoms with Gasteiger partial charge in [0.05, 0.1) is 28.1 Å². The molecule has 0 aliphatic rings. The van der Waals surface area contributed by atoms with E-state index in [4.69, 9.17) is 11.6 Å². The summed E-state index contributed by atoms with van der Waals surface area (Å²) in [4.78, 5) is 31.8. The highest BCUT2D eigenvalue weighted by molar-refractivity contribution is 6.35. The minimum absolute atomic E-state index is 0.211. The maximum Gasteiger partial charge on any atom is 0.209 e. The summed E-state index contributed by atoms with van der Waals surface area (Å²) in [5.74, 6) is 0. The average Bonchev–Trinajstić information content (AvgIpc) is 3.30. The molecular weight excluding hydrogens is 366 g/mol. The SMILES string of the molecule is Cn1ccc(-c2nc3[nH]ccc(=O)c3nc2-c2cc(Cl)c3[nH]cnc3c2)n1. The molecule has 0 saturated heterocycles. The molecule has 0 unspecified atom stereocenters. The van der Waals surface area contributed by atoms with E-state index in [-0.39, 0.29) is 10.9 Å². The number of rotatable bonds is 2. The van der Waals surface area contributed by atoms with Crippen LogP contribution in [0.1, 0.15) is 0 Å². The van der Waals surface area contributed by atoms with Crippen molar-refractivity contribution in [2.45, 2.75) is 0 Å². The molecule has 0 radical (unpaired) electrons. The van der Waals surface area contributed by atoms with Crippen LogP contribution >= 0.6 is 11.6 Å². The number of aromatic nitrogens is 7. The van der Waals surface area contributed by atoms with Crippen LogP contribution in [0.25, 0.3) is 44.8 Å². The van der Waals surface area contributed by atoms with Gasteiger partial charge in [-0.2, -0.15) is 5.10 Å². The highest BCUT2D eigenvalue weighted by atomic mass is 35.5. The van der Waals surface area contributed by atoms with Crippen molar-refractivity contribution in [1.82, 2.24) is 34.7 Å². The summed E-state index contributed by atoms with van der Waals surface area (Å²) >= 11 is 6.40. The lowest BCUT2D eigenvalue weighted by Gasteiger charge is -2.09. The Kier molecular flexibility index (Phi) is 3.34. The van der Waals surface area contributed by atoms with Crippen LogP contribution in [-0.2, 0) is 7.05 Å². The molecule has 27 heavy (non-hydrogen) atoms. The number of imidazole rings is 1. The van der Waals surface area contributed by atoms with Crippen molar-refractivity contribution in [3.8, 4) is 22.6 Å². The maximum atomic E-state index is 12.3. The van der Waals surface area contributed by atoms with Crippen LogP contribution in [0.5, 0.6) is 0 Å². The van der Waals surface area contributed by atoms with Gasteiger partial charge in [-0.05, 0) is 18.2 Å². The standard InChI is InChI=1S/C18H12ClN7O/c1-26-5-3-11(25-26)16-14(23-17-13(27)2-4-20-18(17)24-16)9-6-10(19)15-12(7-9)21-8-22-15/h2-8H,1H3,(H,21,22)(H,20,24,27). The predicted octanol–water partition coefficient (Wildman–Crippen LogP) is 2.92. The largest absolute Gasteiger partial charge is 0.345 e. The third kappa shape index (κ3) is 2.49. The van der Waals surface area contributed by atoms with Crippen molar-refractivity contribution in [3.05, 3.63) is 58.2 Å². The Hall–Kier alpha value is -3.52. The van der Waals surface area contributed by atoms with E-state index >= 15 is 0 Å². The topological polar surface area (TPSA) is 105 Å². The summed E-state index contributed by atoms with van der Waals surface area (Å²) in [5, 5.41) is 4.95. The molecule has 0 aliphatic carbocycles. The van der Waals surface area contributed by atoms with Gasteiger partial charge in [0.25, 0.3) is 0 Å². The second kappa shape index (κ2) is 5.75. The van der Waals surface area contributed by atoms with Crippen LogP contribution in [0.4, 0.5) is 0 Å². The van der Waals surface area contributed by atoms with E-state index in [2.05, 4.69) is 30.0 Å². The van der Waals surface area contributed by atoms with Crippen molar-refractivity contribution >= 4 is 33.8 Å². The van der Waals surface area contributed by atoms with Crippen molar-refractivity contribution in [2.75, 3.05) is 0 Å². The molecule has 0 fully saturated rings. The van der Waals surface area contributed by atoms with Crippen LogP contribution in [-0.4, -0.2) is 34.7 Å². The Morgan fingerprint density at radius 1 is 1.11 bits per heavy atom.